The van der Waals surface area contributed by atoms with Crippen molar-refractivity contribution in [3.05, 3.63) is 108 Å². The number of likely N-dealkylation sites (N-methyl/N-ethyl adjacent to an activating group) is 1. The largest absolute Gasteiger partial charge is 0.481 e. The van der Waals surface area contributed by atoms with Crippen LogP contribution in [0.2, 0.25) is 0 Å². The van der Waals surface area contributed by atoms with Gasteiger partial charge < -0.3 is 46.7 Å². The number of carboxylic acid groups (broad SMARTS) is 2. The summed E-state index contributed by atoms with van der Waals surface area (Å²) in [5, 5.41) is 34.1. The molecular formula is C51H67N7O10. The summed E-state index contributed by atoms with van der Waals surface area (Å²) >= 11 is 0. The topological polar surface area (TPSA) is 256 Å². The average Bonchev–Trinajstić information content (AvgIpc) is 3.72. The Hall–Kier alpha value is -7.04. The molecule has 0 fully saturated rings. The summed E-state index contributed by atoms with van der Waals surface area (Å²) in [6, 6.07) is 17.5. The lowest BCUT2D eigenvalue weighted by atomic mass is 9.83. The minimum atomic E-state index is -1.72. The lowest BCUT2D eigenvalue weighted by Crippen LogP contribution is -2.61. The molecule has 0 aliphatic heterocycles. The highest BCUT2D eigenvalue weighted by molar-refractivity contribution is 5.98. The summed E-state index contributed by atoms with van der Waals surface area (Å²) < 4.78 is 0. The van der Waals surface area contributed by atoms with Crippen LogP contribution in [0.3, 0.4) is 0 Å². The number of aliphatic carboxylic acids is 2. The standard InChI is InChI=1S/C51H67N7O10/c1-9-30(5)43(48(64)55-40(51(67)68)26-35-28-52-37-24-18-17-23-36(35)37)57-49(65)44(31(6)10-2)56-47(63)39(27-41(60)61)53-46(62)38(25-29(3)4)54-50(66)45(58(8)32(7)59)42(33-19-13-11-14-20-33)34-21-15-12-16-22-34/h11-24,28-31,38-40,42-45,52H,9-10,25-27H2,1-8H3,(H,53,62)(H,54,66)(H,55,64)(H,56,63)(H,57,65)(H,60,61)(H,67,68)/t30-,31-,38-,39-,40-,43-,44-,45+/m0/s1. The number of carbonyl (C=O) groups is 8. The van der Waals surface area contributed by atoms with Gasteiger partial charge in [0.25, 0.3) is 0 Å². The molecule has 4 aromatic rings. The van der Waals surface area contributed by atoms with Gasteiger partial charge in [-0.3, -0.25) is 33.6 Å². The zero-order valence-corrected chi connectivity index (χ0v) is 40.1. The summed E-state index contributed by atoms with van der Waals surface area (Å²) in [5.74, 6) is -9.12. The molecular weight excluding hydrogens is 871 g/mol. The summed E-state index contributed by atoms with van der Waals surface area (Å²) in [6.45, 7) is 11.9. The molecule has 17 nitrogen and oxygen atoms in total. The number of hydrogen-bond donors (Lipinski definition) is 8. The first kappa shape index (κ1) is 53.6. The molecule has 3 aromatic carbocycles. The first-order valence-corrected chi connectivity index (χ1v) is 23.1. The third-order valence-corrected chi connectivity index (χ3v) is 12.5. The molecule has 8 atom stereocenters. The number of benzene rings is 3. The van der Waals surface area contributed by atoms with Crippen molar-refractivity contribution in [2.75, 3.05) is 7.05 Å². The second-order valence-electron chi connectivity index (χ2n) is 17.9. The molecule has 17 heteroatoms. The summed E-state index contributed by atoms with van der Waals surface area (Å²) in [5.41, 5.74) is 2.93. The molecule has 6 amide bonds. The average molecular weight is 938 g/mol. The molecule has 366 valence electrons. The number of carbonyl (C=O) groups excluding carboxylic acids is 6. The van der Waals surface area contributed by atoms with E-state index in [9.17, 15) is 48.6 Å². The normalized spacial score (nSPS) is 14.9. The number of rotatable bonds is 25. The Labute approximate surface area is 397 Å². The lowest BCUT2D eigenvalue weighted by molar-refractivity contribution is -0.142. The second-order valence-corrected chi connectivity index (χ2v) is 17.9. The van der Waals surface area contributed by atoms with Crippen molar-refractivity contribution < 1.29 is 48.6 Å². The van der Waals surface area contributed by atoms with Crippen LogP contribution in [0.4, 0.5) is 0 Å². The molecule has 0 radical (unpaired) electrons. The number of aromatic nitrogens is 1. The van der Waals surface area contributed by atoms with Gasteiger partial charge in [-0.15, -0.1) is 0 Å². The lowest BCUT2D eigenvalue weighted by Gasteiger charge is -2.35. The van der Waals surface area contributed by atoms with Crippen molar-refractivity contribution in [2.24, 2.45) is 17.8 Å². The molecule has 1 heterocycles. The van der Waals surface area contributed by atoms with Crippen molar-refractivity contribution in [1.82, 2.24) is 36.5 Å². The second kappa shape index (κ2) is 25.2. The van der Waals surface area contributed by atoms with E-state index in [0.29, 0.717) is 18.4 Å². The molecule has 0 aliphatic carbocycles. The minimum Gasteiger partial charge on any atom is -0.481 e. The number of aromatic amines is 1. The maximum Gasteiger partial charge on any atom is 0.326 e. The fourth-order valence-electron chi connectivity index (χ4n) is 8.12. The van der Waals surface area contributed by atoms with Crippen LogP contribution in [0.1, 0.15) is 96.8 Å². The van der Waals surface area contributed by atoms with Crippen LogP contribution in [-0.4, -0.2) is 111 Å². The Morgan fingerprint density at radius 1 is 0.603 bits per heavy atom. The van der Waals surface area contributed by atoms with E-state index in [4.69, 9.17) is 0 Å². The molecule has 0 spiro atoms. The highest BCUT2D eigenvalue weighted by atomic mass is 16.4. The Balaban J connectivity index is 1.58. The van der Waals surface area contributed by atoms with E-state index in [0.717, 1.165) is 22.0 Å². The van der Waals surface area contributed by atoms with Gasteiger partial charge >= 0.3 is 11.9 Å². The molecule has 0 unspecified atom stereocenters. The highest BCUT2D eigenvalue weighted by Gasteiger charge is 2.40. The number of nitrogens with zero attached hydrogens (tertiary/aromatic N) is 1. The van der Waals surface area contributed by atoms with E-state index in [1.165, 1.54) is 18.9 Å². The van der Waals surface area contributed by atoms with Gasteiger partial charge in [0.15, 0.2) is 0 Å². The molecule has 0 saturated carbocycles. The maximum atomic E-state index is 14.6. The molecule has 1 aromatic heterocycles. The predicted molar refractivity (Wildman–Crippen MR) is 257 cm³/mol. The van der Waals surface area contributed by atoms with E-state index in [2.05, 4.69) is 31.6 Å². The number of carboxylic acids is 2. The van der Waals surface area contributed by atoms with Gasteiger partial charge in [-0.25, -0.2) is 4.79 Å². The van der Waals surface area contributed by atoms with Crippen molar-refractivity contribution in [2.45, 2.75) is 123 Å². The van der Waals surface area contributed by atoms with Gasteiger partial charge in [-0.05, 0) is 46.9 Å². The quantitative estimate of drug-likeness (QED) is 0.0461. The molecule has 68 heavy (non-hydrogen) atoms. The van der Waals surface area contributed by atoms with E-state index in [1.807, 2.05) is 98.8 Å². The van der Waals surface area contributed by atoms with E-state index in [-0.39, 0.29) is 18.8 Å². The molecule has 0 saturated heterocycles. The molecule has 0 aliphatic rings. The van der Waals surface area contributed by atoms with Crippen LogP contribution >= 0.6 is 0 Å². The SMILES string of the molecule is CC[C@H](C)[C@H](NC(=O)[C@H](CC(=O)O)NC(=O)[C@H](CC(C)C)NC(=O)[C@@H](C(c1ccccc1)c1ccccc1)N(C)C(C)=O)C(=O)N[C@H](C(=O)N[C@@H](Cc1c[nH]c2ccccc12)C(=O)O)[C@@H](C)CC. The van der Waals surface area contributed by atoms with Gasteiger partial charge in [0.1, 0.15) is 36.3 Å². The van der Waals surface area contributed by atoms with E-state index >= 15 is 0 Å². The van der Waals surface area contributed by atoms with Crippen molar-refractivity contribution in [3.8, 4) is 0 Å². The highest BCUT2D eigenvalue weighted by Crippen LogP contribution is 2.31. The molecule has 0 bridgehead atoms. The van der Waals surface area contributed by atoms with Crippen LogP contribution in [0.15, 0.2) is 91.1 Å². The van der Waals surface area contributed by atoms with Gasteiger partial charge in [0.2, 0.25) is 35.4 Å². The first-order valence-electron chi connectivity index (χ1n) is 23.1. The van der Waals surface area contributed by atoms with Crippen molar-refractivity contribution >= 4 is 58.3 Å². The zero-order chi connectivity index (χ0) is 50.2. The Morgan fingerprint density at radius 2 is 1.07 bits per heavy atom. The van der Waals surface area contributed by atoms with E-state index < -0.39 is 108 Å². The van der Waals surface area contributed by atoms with Crippen molar-refractivity contribution in [3.63, 3.8) is 0 Å². The molecule has 4 rings (SSSR count). The summed E-state index contributed by atoms with van der Waals surface area (Å²) in [7, 11) is 1.50. The monoisotopic (exact) mass is 937 g/mol. The molecule has 8 N–H and O–H groups in total. The Kier molecular flexibility index (Phi) is 19.8. The fourth-order valence-corrected chi connectivity index (χ4v) is 8.12. The number of amides is 6. The van der Waals surface area contributed by atoms with Gasteiger partial charge in [-0.2, -0.15) is 0 Å². The third kappa shape index (κ3) is 14.5. The van der Waals surface area contributed by atoms with Crippen molar-refractivity contribution in [1.29, 1.82) is 0 Å². The Morgan fingerprint density at radius 3 is 1.57 bits per heavy atom. The fraction of sp³-hybridized carbons (Fsp3) is 0.451. The van der Waals surface area contributed by atoms with Crippen LogP contribution in [-0.2, 0) is 44.8 Å². The number of H-pyrrole nitrogens is 1. The number of fused-ring (bicyclic) bond motifs is 1. The van der Waals surface area contributed by atoms with Gasteiger partial charge in [0.05, 0.1) is 6.42 Å². The number of nitrogens with one attached hydrogen (secondary N) is 6. The van der Waals surface area contributed by atoms with E-state index in [1.54, 1.807) is 33.9 Å². The first-order chi connectivity index (χ1) is 32.3. The van der Waals surface area contributed by atoms with Gasteiger partial charge in [0, 0.05) is 43.4 Å². The maximum absolute atomic E-state index is 14.6. The summed E-state index contributed by atoms with van der Waals surface area (Å²) in [4.78, 5) is 113. The summed E-state index contributed by atoms with van der Waals surface area (Å²) in [6.07, 6.45) is 1.57. The smallest absolute Gasteiger partial charge is 0.326 e. The van der Waals surface area contributed by atoms with Crippen LogP contribution in [0.5, 0.6) is 0 Å². The van der Waals surface area contributed by atoms with Gasteiger partial charge in [-0.1, -0.05) is 133 Å². The Bertz CT molecular complexity index is 2330. The number of hydrogen-bond acceptors (Lipinski definition) is 8. The van der Waals surface area contributed by atoms with Crippen LogP contribution in [0, 0.1) is 17.8 Å². The van der Waals surface area contributed by atoms with Crippen LogP contribution in [0.25, 0.3) is 10.9 Å². The zero-order valence-electron chi connectivity index (χ0n) is 40.1. The minimum absolute atomic E-state index is 0.0475. The predicted octanol–water partition coefficient (Wildman–Crippen LogP) is 4.51. The third-order valence-electron chi connectivity index (χ3n) is 12.5. The number of para-hydroxylation sites is 1. The van der Waals surface area contributed by atoms with Crippen LogP contribution < -0.4 is 26.6 Å².